The monoisotopic (exact) mass is 434 g/mol. The summed E-state index contributed by atoms with van der Waals surface area (Å²) in [5.74, 6) is -0.0402. The van der Waals surface area contributed by atoms with E-state index >= 15 is 0 Å². The third-order valence-corrected chi connectivity index (χ3v) is 5.26. The van der Waals surface area contributed by atoms with Gasteiger partial charge in [0.2, 0.25) is 0 Å². The Hall–Kier alpha value is -4.14. The average Bonchev–Trinajstić information content (AvgIpc) is 3.15. The summed E-state index contributed by atoms with van der Waals surface area (Å²) in [7, 11) is 4.30. The van der Waals surface area contributed by atoms with E-state index in [4.69, 9.17) is 9.47 Å². The fourth-order valence-electron chi connectivity index (χ4n) is 3.41. The van der Waals surface area contributed by atoms with Crippen LogP contribution in [-0.2, 0) is 25.4 Å². The van der Waals surface area contributed by atoms with E-state index in [0.29, 0.717) is 17.9 Å². The molecule has 0 spiro atoms. The van der Waals surface area contributed by atoms with Gasteiger partial charge in [0.1, 0.15) is 5.75 Å². The van der Waals surface area contributed by atoms with Crippen LogP contribution in [0.2, 0.25) is 0 Å². The Bertz CT molecular complexity index is 1430. The molecule has 0 saturated carbocycles. The highest BCUT2D eigenvalue weighted by molar-refractivity contribution is 5.89. The SMILES string of the molecule is COC(=O)c1ccc(Oc2nc3c(c(=O)n(C)c(=O)n3C)n2Cc2ccc(C)cc2)cc1. The first kappa shape index (κ1) is 21.1. The Morgan fingerprint density at radius 3 is 2.25 bits per heavy atom. The van der Waals surface area contributed by atoms with Crippen LogP contribution in [0.4, 0.5) is 0 Å². The normalized spacial score (nSPS) is 11.0. The van der Waals surface area contributed by atoms with E-state index in [1.54, 1.807) is 35.9 Å². The summed E-state index contributed by atoms with van der Waals surface area (Å²) >= 11 is 0. The molecule has 0 atom stereocenters. The zero-order chi connectivity index (χ0) is 23.0. The molecule has 0 aliphatic heterocycles. The number of carbonyl (C=O) groups is 1. The molecule has 4 aromatic rings. The molecule has 0 bridgehead atoms. The lowest BCUT2D eigenvalue weighted by atomic mass is 10.1. The van der Waals surface area contributed by atoms with E-state index in [2.05, 4.69) is 4.98 Å². The van der Waals surface area contributed by atoms with E-state index in [0.717, 1.165) is 15.7 Å². The van der Waals surface area contributed by atoms with Crippen molar-refractivity contribution in [2.24, 2.45) is 14.1 Å². The Morgan fingerprint density at radius 2 is 1.62 bits per heavy atom. The minimum atomic E-state index is -0.475. The highest BCUT2D eigenvalue weighted by atomic mass is 16.5. The van der Waals surface area contributed by atoms with Crippen molar-refractivity contribution in [3.63, 3.8) is 0 Å². The first-order chi connectivity index (χ1) is 15.3. The highest BCUT2D eigenvalue weighted by Crippen LogP contribution is 2.25. The number of fused-ring (bicyclic) bond motifs is 1. The molecule has 0 radical (unpaired) electrons. The van der Waals surface area contributed by atoms with Crippen molar-refractivity contribution < 1.29 is 14.3 Å². The van der Waals surface area contributed by atoms with Gasteiger partial charge >= 0.3 is 17.7 Å². The van der Waals surface area contributed by atoms with Crippen LogP contribution in [0.15, 0.2) is 58.1 Å². The van der Waals surface area contributed by atoms with Crippen molar-refractivity contribution in [2.75, 3.05) is 7.11 Å². The van der Waals surface area contributed by atoms with E-state index in [-0.39, 0.29) is 17.2 Å². The van der Waals surface area contributed by atoms with Gasteiger partial charge in [-0.2, -0.15) is 4.98 Å². The van der Waals surface area contributed by atoms with Gasteiger partial charge in [-0.3, -0.25) is 18.5 Å². The highest BCUT2D eigenvalue weighted by Gasteiger charge is 2.21. The molecule has 0 aliphatic carbocycles. The van der Waals surface area contributed by atoms with Gasteiger partial charge in [-0.15, -0.1) is 0 Å². The maximum absolute atomic E-state index is 13.0. The van der Waals surface area contributed by atoms with Gasteiger partial charge in [0, 0.05) is 14.1 Å². The van der Waals surface area contributed by atoms with Crippen molar-refractivity contribution in [1.29, 1.82) is 0 Å². The number of hydrogen-bond donors (Lipinski definition) is 0. The predicted molar refractivity (Wildman–Crippen MR) is 118 cm³/mol. The van der Waals surface area contributed by atoms with Crippen molar-refractivity contribution in [3.05, 3.63) is 86.1 Å². The standard InChI is InChI=1S/C23H22N4O5/c1-14-5-7-15(8-6-14)13-27-18-19(25(2)23(30)26(3)20(18)28)24-22(27)32-17-11-9-16(10-12-17)21(29)31-4/h5-12H,13H2,1-4H3. The number of ether oxygens (including phenoxy) is 2. The summed E-state index contributed by atoms with van der Waals surface area (Å²) in [4.78, 5) is 41.5. The topological polar surface area (TPSA) is 97.4 Å². The number of hydrogen-bond acceptors (Lipinski definition) is 6. The van der Waals surface area contributed by atoms with Crippen molar-refractivity contribution >= 4 is 17.1 Å². The van der Waals surface area contributed by atoms with Crippen molar-refractivity contribution in [2.45, 2.75) is 13.5 Å². The molecule has 2 aromatic carbocycles. The first-order valence-corrected chi connectivity index (χ1v) is 9.88. The number of aromatic nitrogens is 4. The van der Waals surface area contributed by atoms with E-state index < -0.39 is 17.2 Å². The number of rotatable bonds is 5. The predicted octanol–water partition coefficient (Wildman–Crippen LogP) is 2.37. The molecule has 32 heavy (non-hydrogen) atoms. The van der Waals surface area contributed by atoms with Crippen LogP contribution in [-0.4, -0.2) is 31.8 Å². The molecule has 0 unspecified atom stereocenters. The third kappa shape index (κ3) is 3.68. The van der Waals surface area contributed by atoms with Crippen molar-refractivity contribution in [3.8, 4) is 11.8 Å². The Morgan fingerprint density at radius 1 is 0.969 bits per heavy atom. The molecule has 0 saturated heterocycles. The largest absolute Gasteiger partial charge is 0.465 e. The first-order valence-electron chi connectivity index (χ1n) is 9.88. The summed E-state index contributed by atoms with van der Waals surface area (Å²) in [5, 5.41) is 0. The van der Waals surface area contributed by atoms with Gasteiger partial charge < -0.3 is 9.47 Å². The molecular formula is C23H22N4O5. The molecule has 0 amide bonds. The van der Waals surface area contributed by atoms with Crippen LogP contribution in [0.5, 0.6) is 11.8 Å². The Balaban J connectivity index is 1.85. The lowest BCUT2D eigenvalue weighted by molar-refractivity contribution is 0.0600. The quantitative estimate of drug-likeness (QED) is 0.448. The molecule has 2 heterocycles. The van der Waals surface area contributed by atoms with Crippen LogP contribution < -0.4 is 16.0 Å². The van der Waals surface area contributed by atoms with Gasteiger partial charge in [0.25, 0.3) is 5.56 Å². The molecule has 4 rings (SSSR count). The number of nitrogens with zero attached hydrogens (tertiary/aromatic N) is 4. The smallest absolute Gasteiger partial charge is 0.337 e. The second kappa shape index (κ2) is 8.18. The average molecular weight is 434 g/mol. The second-order valence-corrected chi connectivity index (χ2v) is 7.46. The number of aryl methyl sites for hydroxylation is 2. The molecule has 0 fully saturated rings. The van der Waals surface area contributed by atoms with Gasteiger partial charge in [0.15, 0.2) is 11.2 Å². The maximum atomic E-state index is 13.0. The molecule has 9 nitrogen and oxygen atoms in total. The Kier molecular flexibility index (Phi) is 5.40. The third-order valence-electron chi connectivity index (χ3n) is 5.26. The lowest BCUT2D eigenvalue weighted by Crippen LogP contribution is -2.37. The lowest BCUT2D eigenvalue weighted by Gasteiger charge is -2.11. The van der Waals surface area contributed by atoms with Crippen LogP contribution in [0.1, 0.15) is 21.5 Å². The molecule has 2 aromatic heterocycles. The molecule has 9 heteroatoms. The zero-order valence-corrected chi connectivity index (χ0v) is 18.2. The zero-order valence-electron chi connectivity index (χ0n) is 18.2. The number of imidazole rings is 1. The van der Waals surface area contributed by atoms with Gasteiger partial charge in [-0.25, -0.2) is 9.59 Å². The molecule has 164 valence electrons. The molecule has 0 aliphatic rings. The van der Waals surface area contributed by atoms with Crippen molar-refractivity contribution in [1.82, 2.24) is 18.7 Å². The fraction of sp³-hybridized carbons (Fsp3) is 0.217. The van der Waals surface area contributed by atoms with Crippen LogP contribution in [0.3, 0.4) is 0 Å². The molecule has 0 N–H and O–H groups in total. The minimum Gasteiger partial charge on any atom is -0.465 e. The van der Waals surface area contributed by atoms with E-state index in [9.17, 15) is 14.4 Å². The summed E-state index contributed by atoms with van der Waals surface area (Å²) in [5.41, 5.74) is 1.99. The second-order valence-electron chi connectivity index (χ2n) is 7.46. The van der Waals surface area contributed by atoms with Gasteiger partial charge in [-0.05, 0) is 36.8 Å². The summed E-state index contributed by atoms with van der Waals surface area (Å²) in [6.07, 6.45) is 0. The number of benzene rings is 2. The number of esters is 1. The fourth-order valence-corrected chi connectivity index (χ4v) is 3.41. The van der Waals surface area contributed by atoms with Gasteiger partial charge in [0.05, 0.1) is 19.2 Å². The van der Waals surface area contributed by atoms with Gasteiger partial charge in [-0.1, -0.05) is 29.8 Å². The van der Waals surface area contributed by atoms with Crippen LogP contribution >= 0.6 is 0 Å². The summed E-state index contributed by atoms with van der Waals surface area (Å²) < 4.78 is 14.7. The summed E-state index contributed by atoms with van der Waals surface area (Å²) in [6.45, 7) is 2.31. The van der Waals surface area contributed by atoms with Crippen LogP contribution in [0.25, 0.3) is 11.2 Å². The Labute approximate surface area is 183 Å². The van der Waals surface area contributed by atoms with Crippen LogP contribution in [0, 0.1) is 6.92 Å². The maximum Gasteiger partial charge on any atom is 0.337 e. The minimum absolute atomic E-state index is 0.157. The van der Waals surface area contributed by atoms with E-state index in [1.807, 2.05) is 31.2 Å². The van der Waals surface area contributed by atoms with E-state index in [1.165, 1.54) is 18.7 Å². The number of methoxy groups -OCH3 is 1. The number of carbonyl (C=O) groups excluding carboxylic acids is 1. The summed E-state index contributed by atoms with van der Waals surface area (Å²) in [6, 6.07) is 14.4. The molecular weight excluding hydrogens is 412 g/mol.